The fraction of sp³-hybridized carbons (Fsp3) is 0.429. The Morgan fingerprint density at radius 1 is 1.53 bits per heavy atom. The van der Waals surface area contributed by atoms with Crippen LogP contribution >= 0.6 is 11.6 Å². The maximum atomic E-state index is 11.7. The summed E-state index contributed by atoms with van der Waals surface area (Å²) in [5.41, 5.74) is 0.990. The predicted octanol–water partition coefficient (Wildman–Crippen LogP) is 2.65. The lowest BCUT2D eigenvalue weighted by Gasteiger charge is -2.16. The van der Waals surface area contributed by atoms with Crippen LogP contribution in [0.5, 0.6) is 5.75 Å². The number of ether oxygens (including phenoxy) is 1. The number of nitriles is 1. The van der Waals surface area contributed by atoms with Crippen molar-refractivity contribution in [2.45, 2.75) is 19.8 Å². The lowest BCUT2D eigenvalue weighted by atomic mass is 10.1. The molecule has 0 saturated heterocycles. The SMILES string of the molecule is CCc1cc(OCC(=O)N(C)CCC#N)ccc1Cl. The normalized spacial score (nSPS) is 9.79. The summed E-state index contributed by atoms with van der Waals surface area (Å²) in [7, 11) is 1.66. The molecule has 0 aromatic heterocycles. The fourth-order valence-electron chi connectivity index (χ4n) is 1.51. The summed E-state index contributed by atoms with van der Waals surface area (Å²) >= 11 is 6.01. The monoisotopic (exact) mass is 280 g/mol. The predicted molar refractivity (Wildman–Crippen MR) is 74.2 cm³/mol. The number of nitrogens with zero attached hydrogens (tertiary/aromatic N) is 2. The smallest absolute Gasteiger partial charge is 0.260 e. The van der Waals surface area contributed by atoms with Gasteiger partial charge in [-0.2, -0.15) is 5.26 Å². The Hall–Kier alpha value is -1.73. The molecule has 0 bridgehead atoms. The number of likely N-dealkylation sites (N-methyl/N-ethyl adjacent to an activating group) is 1. The highest BCUT2D eigenvalue weighted by molar-refractivity contribution is 6.31. The van der Waals surface area contributed by atoms with Crippen molar-refractivity contribution in [3.63, 3.8) is 0 Å². The summed E-state index contributed by atoms with van der Waals surface area (Å²) in [6, 6.07) is 7.34. The van der Waals surface area contributed by atoms with E-state index in [1.54, 1.807) is 19.2 Å². The second kappa shape index (κ2) is 7.65. The van der Waals surface area contributed by atoms with E-state index in [4.69, 9.17) is 21.6 Å². The van der Waals surface area contributed by atoms with Gasteiger partial charge in [-0.15, -0.1) is 0 Å². The van der Waals surface area contributed by atoms with Crippen LogP contribution in [-0.2, 0) is 11.2 Å². The molecular formula is C14H17ClN2O2. The van der Waals surface area contributed by atoms with Crippen molar-refractivity contribution < 1.29 is 9.53 Å². The van der Waals surface area contributed by atoms with Crippen LogP contribution in [0.3, 0.4) is 0 Å². The number of carbonyl (C=O) groups is 1. The molecule has 0 radical (unpaired) electrons. The van der Waals surface area contributed by atoms with Gasteiger partial charge in [0.05, 0.1) is 12.5 Å². The van der Waals surface area contributed by atoms with Crippen LogP contribution in [0.1, 0.15) is 18.9 Å². The maximum absolute atomic E-state index is 11.7. The van der Waals surface area contributed by atoms with Crippen molar-refractivity contribution in [2.75, 3.05) is 20.2 Å². The summed E-state index contributed by atoms with van der Waals surface area (Å²) in [5, 5.41) is 9.16. The van der Waals surface area contributed by atoms with Crippen LogP contribution in [-0.4, -0.2) is 31.0 Å². The largest absolute Gasteiger partial charge is 0.484 e. The van der Waals surface area contributed by atoms with Gasteiger partial charge in [0.2, 0.25) is 0 Å². The topological polar surface area (TPSA) is 53.3 Å². The zero-order chi connectivity index (χ0) is 14.3. The Bertz CT molecular complexity index is 483. The number of amides is 1. The van der Waals surface area contributed by atoms with E-state index in [9.17, 15) is 4.79 Å². The van der Waals surface area contributed by atoms with E-state index in [1.807, 2.05) is 19.1 Å². The van der Waals surface area contributed by atoms with Gasteiger partial charge in [-0.1, -0.05) is 18.5 Å². The molecule has 0 aliphatic rings. The van der Waals surface area contributed by atoms with Crippen molar-refractivity contribution in [2.24, 2.45) is 0 Å². The maximum Gasteiger partial charge on any atom is 0.260 e. The summed E-state index contributed by atoms with van der Waals surface area (Å²) in [4.78, 5) is 13.2. The highest BCUT2D eigenvalue weighted by atomic mass is 35.5. The Balaban J connectivity index is 2.53. The number of hydrogen-bond acceptors (Lipinski definition) is 3. The Kier molecular flexibility index (Phi) is 6.17. The van der Waals surface area contributed by atoms with Crippen LogP contribution < -0.4 is 4.74 Å². The van der Waals surface area contributed by atoms with E-state index in [1.165, 1.54) is 4.90 Å². The van der Waals surface area contributed by atoms with E-state index in [2.05, 4.69) is 0 Å². The van der Waals surface area contributed by atoms with Crippen LogP contribution in [0.15, 0.2) is 18.2 Å². The van der Waals surface area contributed by atoms with Gasteiger partial charge in [0.1, 0.15) is 5.75 Å². The van der Waals surface area contributed by atoms with Crippen molar-refractivity contribution >= 4 is 17.5 Å². The second-order valence-corrected chi connectivity index (χ2v) is 4.53. The van der Waals surface area contributed by atoms with Gasteiger partial charge >= 0.3 is 0 Å². The van der Waals surface area contributed by atoms with Crippen LogP contribution in [0.2, 0.25) is 5.02 Å². The summed E-state index contributed by atoms with van der Waals surface area (Å²) in [6.45, 7) is 2.39. The molecule has 1 aromatic rings. The lowest BCUT2D eigenvalue weighted by molar-refractivity contribution is -0.131. The molecular weight excluding hydrogens is 264 g/mol. The number of aryl methyl sites for hydroxylation is 1. The average molecular weight is 281 g/mol. The van der Waals surface area contributed by atoms with E-state index >= 15 is 0 Å². The first-order chi connectivity index (χ1) is 9.08. The molecule has 102 valence electrons. The van der Waals surface area contributed by atoms with Gasteiger partial charge in [-0.05, 0) is 30.2 Å². The van der Waals surface area contributed by atoms with Crippen LogP contribution in [0, 0.1) is 11.3 Å². The number of halogens is 1. The highest BCUT2D eigenvalue weighted by Crippen LogP contribution is 2.22. The second-order valence-electron chi connectivity index (χ2n) is 4.12. The molecule has 0 aliphatic carbocycles. The molecule has 4 nitrogen and oxygen atoms in total. The Labute approximate surface area is 118 Å². The van der Waals surface area contributed by atoms with Gasteiger partial charge in [-0.3, -0.25) is 4.79 Å². The van der Waals surface area contributed by atoms with E-state index < -0.39 is 0 Å². The third-order valence-electron chi connectivity index (χ3n) is 2.75. The molecule has 0 fully saturated rings. The van der Waals surface area contributed by atoms with Crippen molar-refractivity contribution in [1.29, 1.82) is 5.26 Å². The zero-order valence-electron chi connectivity index (χ0n) is 11.1. The van der Waals surface area contributed by atoms with Crippen LogP contribution in [0.4, 0.5) is 0 Å². The van der Waals surface area contributed by atoms with Crippen molar-refractivity contribution in [3.8, 4) is 11.8 Å². The molecule has 1 aromatic carbocycles. The third kappa shape index (κ3) is 4.80. The first-order valence-electron chi connectivity index (χ1n) is 6.10. The molecule has 19 heavy (non-hydrogen) atoms. The quantitative estimate of drug-likeness (QED) is 0.805. The average Bonchev–Trinajstić information content (AvgIpc) is 2.43. The first kappa shape index (κ1) is 15.3. The zero-order valence-corrected chi connectivity index (χ0v) is 11.9. The molecule has 0 spiro atoms. The molecule has 5 heteroatoms. The summed E-state index contributed by atoms with van der Waals surface area (Å²) in [5.74, 6) is 0.478. The van der Waals surface area contributed by atoms with Crippen LogP contribution in [0.25, 0.3) is 0 Å². The molecule has 0 aliphatic heterocycles. The Morgan fingerprint density at radius 3 is 2.89 bits per heavy atom. The molecule has 0 N–H and O–H groups in total. The number of carbonyl (C=O) groups excluding carboxylic acids is 1. The first-order valence-corrected chi connectivity index (χ1v) is 6.48. The third-order valence-corrected chi connectivity index (χ3v) is 3.11. The van der Waals surface area contributed by atoms with Crippen molar-refractivity contribution in [1.82, 2.24) is 4.90 Å². The van der Waals surface area contributed by atoms with Gasteiger partial charge in [0.15, 0.2) is 6.61 Å². The van der Waals surface area contributed by atoms with Crippen molar-refractivity contribution in [3.05, 3.63) is 28.8 Å². The minimum Gasteiger partial charge on any atom is -0.484 e. The number of rotatable bonds is 6. The molecule has 1 rings (SSSR count). The standard InChI is InChI=1S/C14H17ClN2O2/c1-3-11-9-12(5-6-13(11)15)19-10-14(18)17(2)8-4-7-16/h5-6,9H,3-4,8,10H2,1-2H3. The minimum absolute atomic E-state index is 0.0350. The fourth-order valence-corrected chi connectivity index (χ4v) is 1.76. The molecule has 1 amide bonds. The Morgan fingerprint density at radius 2 is 2.26 bits per heavy atom. The molecule has 0 unspecified atom stereocenters. The van der Waals surface area contributed by atoms with Gasteiger partial charge in [0, 0.05) is 18.6 Å². The number of hydrogen-bond donors (Lipinski definition) is 0. The van der Waals surface area contributed by atoms with E-state index in [-0.39, 0.29) is 12.5 Å². The molecule has 0 saturated carbocycles. The highest BCUT2D eigenvalue weighted by Gasteiger charge is 2.09. The van der Waals surface area contributed by atoms with E-state index in [0.29, 0.717) is 23.7 Å². The van der Waals surface area contributed by atoms with Gasteiger partial charge < -0.3 is 9.64 Å². The summed E-state index contributed by atoms with van der Waals surface area (Å²) in [6.07, 6.45) is 1.13. The molecule has 0 heterocycles. The van der Waals surface area contributed by atoms with E-state index in [0.717, 1.165) is 12.0 Å². The number of benzene rings is 1. The molecule has 0 atom stereocenters. The lowest BCUT2D eigenvalue weighted by Crippen LogP contribution is -2.32. The minimum atomic E-state index is -0.150. The van der Waals surface area contributed by atoms with Gasteiger partial charge in [0.25, 0.3) is 5.91 Å². The summed E-state index contributed by atoms with van der Waals surface area (Å²) < 4.78 is 5.43. The van der Waals surface area contributed by atoms with Gasteiger partial charge in [-0.25, -0.2) is 0 Å².